The van der Waals surface area contributed by atoms with Gasteiger partial charge in [0.2, 0.25) is 0 Å². The third-order valence-electron chi connectivity index (χ3n) is 4.04. The molecular formula is C18H18BrN5O3S. The van der Waals surface area contributed by atoms with Crippen molar-refractivity contribution in [3.8, 4) is 0 Å². The smallest absolute Gasteiger partial charge is 0.286 e. The van der Waals surface area contributed by atoms with Gasteiger partial charge in [0, 0.05) is 35.2 Å². The molecule has 0 saturated carbocycles. The summed E-state index contributed by atoms with van der Waals surface area (Å²) in [5, 5.41) is 4.48. The van der Waals surface area contributed by atoms with Crippen LogP contribution in [-0.2, 0) is 12.8 Å². The number of thioether (sulfide) groups is 1. The quantitative estimate of drug-likeness (QED) is 0.445. The predicted molar refractivity (Wildman–Crippen MR) is 108 cm³/mol. The number of halogens is 1. The van der Waals surface area contributed by atoms with Crippen LogP contribution in [0.15, 0.2) is 44.6 Å². The van der Waals surface area contributed by atoms with Gasteiger partial charge in [0.15, 0.2) is 0 Å². The molecule has 3 heterocycles. The van der Waals surface area contributed by atoms with Crippen molar-refractivity contribution in [3.63, 3.8) is 0 Å². The predicted octanol–water partition coefficient (Wildman–Crippen LogP) is 3.15. The third kappa shape index (κ3) is 4.45. The van der Waals surface area contributed by atoms with E-state index in [2.05, 4.69) is 36.9 Å². The van der Waals surface area contributed by atoms with E-state index in [-0.39, 0.29) is 0 Å². The summed E-state index contributed by atoms with van der Waals surface area (Å²) in [4.78, 5) is 29.1. The van der Waals surface area contributed by atoms with E-state index in [1.54, 1.807) is 42.2 Å². The second kappa shape index (κ2) is 8.61. The van der Waals surface area contributed by atoms with Crippen LogP contribution in [0.5, 0.6) is 0 Å². The molecule has 0 atom stereocenters. The van der Waals surface area contributed by atoms with Gasteiger partial charge in [-0.2, -0.15) is 0 Å². The van der Waals surface area contributed by atoms with Crippen LogP contribution in [-0.4, -0.2) is 26.5 Å². The Balaban J connectivity index is 1.67. The summed E-state index contributed by atoms with van der Waals surface area (Å²) in [6.07, 6.45) is 3.37. The molecule has 2 amide bonds. The fraction of sp³-hybridized carbons (Fsp3) is 0.222. The van der Waals surface area contributed by atoms with Crippen LogP contribution in [0, 0.1) is 13.8 Å². The molecule has 10 heteroatoms. The van der Waals surface area contributed by atoms with Gasteiger partial charge in [-0.05, 0) is 48.0 Å². The monoisotopic (exact) mass is 463 g/mol. The number of hydrazine groups is 1. The Morgan fingerprint density at radius 2 is 2.04 bits per heavy atom. The molecule has 0 aliphatic heterocycles. The first-order valence-electron chi connectivity index (χ1n) is 8.29. The number of rotatable bonds is 5. The van der Waals surface area contributed by atoms with Gasteiger partial charge in [0.25, 0.3) is 11.8 Å². The Hall–Kier alpha value is -2.59. The van der Waals surface area contributed by atoms with Crippen molar-refractivity contribution in [1.29, 1.82) is 0 Å². The van der Waals surface area contributed by atoms with Gasteiger partial charge in [-0.25, -0.2) is 4.98 Å². The minimum atomic E-state index is -0.448. The molecule has 0 spiro atoms. The Kier molecular flexibility index (Phi) is 6.20. The Morgan fingerprint density at radius 1 is 1.29 bits per heavy atom. The molecule has 2 N–H and O–H groups in total. The van der Waals surface area contributed by atoms with E-state index < -0.39 is 11.8 Å². The van der Waals surface area contributed by atoms with Crippen molar-refractivity contribution in [2.75, 3.05) is 0 Å². The molecule has 3 aromatic heterocycles. The largest absolute Gasteiger partial charge is 0.361 e. The first kappa shape index (κ1) is 20.2. The molecule has 0 aliphatic rings. The number of nitrogens with one attached hydrogen (secondary N) is 2. The number of aromatic nitrogens is 3. The molecule has 0 aliphatic carbocycles. The lowest BCUT2D eigenvalue weighted by Gasteiger charge is -2.10. The molecule has 0 bridgehead atoms. The number of carbonyl (C=O) groups excluding carboxylic acids is 2. The normalized spacial score (nSPS) is 10.7. The Morgan fingerprint density at radius 3 is 2.68 bits per heavy atom. The van der Waals surface area contributed by atoms with Gasteiger partial charge in [0.05, 0.1) is 11.3 Å². The number of carbonyl (C=O) groups is 2. The molecule has 0 unspecified atom stereocenters. The minimum absolute atomic E-state index is 0.368. The highest BCUT2D eigenvalue weighted by molar-refractivity contribution is 9.10. The van der Waals surface area contributed by atoms with Crippen LogP contribution in [0.2, 0.25) is 0 Å². The van der Waals surface area contributed by atoms with Crippen LogP contribution >= 0.6 is 27.7 Å². The maximum atomic E-state index is 12.6. The molecule has 0 saturated heterocycles. The van der Waals surface area contributed by atoms with E-state index in [4.69, 9.17) is 4.52 Å². The SMILES string of the molecule is Cc1noc(C)c1CSc1ncccc1C(=O)NNC(=O)c1cc(Br)cn1C. The summed E-state index contributed by atoms with van der Waals surface area (Å²) >= 11 is 4.71. The maximum absolute atomic E-state index is 12.6. The fourth-order valence-electron chi connectivity index (χ4n) is 2.52. The third-order valence-corrected chi connectivity index (χ3v) is 5.51. The maximum Gasteiger partial charge on any atom is 0.286 e. The second-order valence-electron chi connectivity index (χ2n) is 6.01. The van der Waals surface area contributed by atoms with Crippen molar-refractivity contribution in [1.82, 2.24) is 25.6 Å². The van der Waals surface area contributed by atoms with Crippen LogP contribution in [0.25, 0.3) is 0 Å². The second-order valence-corrected chi connectivity index (χ2v) is 7.89. The average Bonchev–Trinajstić information content (AvgIpc) is 3.18. The summed E-state index contributed by atoms with van der Waals surface area (Å²) in [5.41, 5.74) is 7.43. The highest BCUT2D eigenvalue weighted by Crippen LogP contribution is 2.27. The molecule has 3 aromatic rings. The molecule has 28 heavy (non-hydrogen) atoms. The first-order chi connectivity index (χ1) is 13.4. The summed E-state index contributed by atoms with van der Waals surface area (Å²) in [7, 11) is 1.74. The lowest BCUT2D eigenvalue weighted by molar-refractivity contribution is 0.0840. The van der Waals surface area contributed by atoms with Gasteiger partial charge >= 0.3 is 0 Å². The summed E-state index contributed by atoms with van der Waals surface area (Å²) < 4.78 is 7.59. The average molecular weight is 464 g/mol. The molecule has 0 radical (unpaired) electrons. The lowest BCUT2D eigenvalue weighted by Crippen LogP contribution is -2.42. The van der Waals surface area contributed by atoms with Crippen LogP contribution in [0.3, 0.4) is 0 Å². The lowest BCUT2D eigenvalue weighted by atomic mass is 10.2. The minimum Gasteiger partial charge on any atom is -0.361 e. The molecule has 3 rings (SSSR count). The van der Waals surface area contributed by atoms with Crippen molar-refractivity contribution in [2.24, 2.45) is 7.05 Å². The van der Waals surface area contributed by atoms with Crippen molar-refractivity contribution in [2.45, 2.75) is 24.6 Å². The first-order valence-corrected chi connectivity index (χ1v) is 10.1. The summed E-state index contributed by atoms with van der Waals surface area (Å²) in [6, 6.07) is 4.99. The molecular weight excluding hydrogens is 446 g/mol. The number of nitrogens with zero attached hydrogens (tertiary/aromatic N) is 3. The summed E-state index contributed by atoms with van der Waals surface area (Å²) in [5.74, 6) is 0.446. The van der Waals surface area contributed by atoms with E-state index in [1.807, 2.05) is 13.8 Å². The number of hydrogen-bond donors (Lipinski definition) is 2. The van der Waals surface area contributed by atoms with Crippen LogP contribution in [0.4, 0.5) is 0 Å². The standard InChI is InChI=1S/C18H18BrN5O3S/c1-10-14(11(2)27-23-10)9-28-18-13(5-4-6-20-18)16(25)21-22-17(26)15-7-12(19)8-24(15)3/h4-8H,9H2,1-3H3,(H,21,25)(H,22,26). The summed E-state index contributed by atoms with van der Waals surface area (Å²) in [6.45, 7) is 3.72. The zero-order valence-electron chi connectivity index (χ0n) is 15.4. The van der Waals surface area contributed by atoms with Crippen molar-refractivity contribution < 1.29 is 14.1 Å². The van der Waals surface area contributed by atoms with Crippen molar-refractivity contribution >= 4 is 39.5 Å². The zero-order valence-corrected chi connectivity index (χ0v) is 17.8. The fourth-order valence-corrected chi connectivity index (χ4v) is 4.19. The van der Waals surface area contributed by atoms with E-state index >= 15 is 0 Å². The highest BCUT2D eigenvalue weighted by Gasteiger charge is 2.17. The molecule has 146 valence electrons. The Labute approximate surface area is 174 Å². The van der Waals surface area contributed by atoms with Crippen LogP contribution in [0.1, 0.15) is 37.9 Å². The zero-order chi connectivity index (χ0) is 20.3. The topological polar surface area (TPSA) is 102 Å². The van der Waals surface area contributed by atoms with E-state index in [0.29, 0.717) is 22.0 Å². The molecule has 8 nitrogen and oxygen atoms in total. The number of hydrogen-bond acceptors (Lipinski definition) is 6. The van der Waals surface area contributed by atoms with E-state index in [1.165, 1.54) is 11.8 Å². The Bertz CT molecular complexity index is 1010. The highest BCUT2D eigenvalue weighted by atomic mass is 79.9. The number of aryl methyl sites for hydroxylation is 3. The van der Waals surface area contributed by atoms with Crippen molar-refractivity contribution in [3.05, 3.63) is 63.3 Å². The molecule has 0 fully saturated rings. The van der Waals surface area contributed by atoms with Gasteiger partial charge < -0.3 is 9.09 Å². The van der Waals surface area contributed by atoms with Gasteiger partial charge in [-0.1, -0.05) is 5.16 Å². The van der Waals surface area contributed by atoms with E-state index in [9.17, 15) is 9.59 Å². The van der Waals surface area contributed by atoms with Crippen LogP contribution < -0.4 is 10.9 Å². The molecule has 0 aromatic carbocycles. The van der Waals surface area contributed by atoms with Gasteiger partial charge in [-0.15, -0.1) is 11.8 Å². The van der Waals surface area contributed by atoms with Gasteiger partial charge in [-0.3, -0.25) is 20.4 Å². The van der Waals surface area contributed by atoms with E-state index in [0.717, 1.165) is 21.5 Å². The van der Waals surface area contributed by atoms with Gasteiger partial charge in [0.1, 0.15) is 16.5 Å². The number of pyridine rings is 1. The number of amides is 2.